The van der Waals surface area contributed by atoms with Crippen LogP contribution in [0, 0.1) is 5.82 Å². The average Bonchev–Trinajstić information content (AvgIpc) is 2.64. The lowest BCUT2D eigenvalue weighted by Crippen LogP contribution is -2.14. The summed E-state index contributed by atoms with van der Waals surface area (Å²) < 4.78 is 66.9. The summed E-state index contributed by atoms with van der Waals surface area (Å²) in [5.74, 6) is -0.479. The number of sulfonamides is 2. The van der Waals surface area contributed by atoms with Gasteiger partial charge in [0.1, 0.15) is 5.82 Å². The van der Waals surface area contributed by atoms with Gasteiger partial charge in [0.15, 0.2) is 0 Å². The Balaban J connectivity index is 1.77. The average molecular weight is 406 g/mol. The van der Waals surface area contributed by atoms with Gasteiger partial charge in [-0.1, -0.05) is 18.2 Å². The second-order valence-electron chi connectivity index (χ2n) is 5.56. The SMILES string of the molecule is O=S(=O)(Nc1ccc(S(=O)(=O)Nc2ccc(F)cc2)cc1)c1ccccc1. The fourth-order valence-corrected chi connectivity index (χ4v) is 4.39. The fourth-order valence-electron chi connectivity index (χ4n) is 2.25. The molecular formula is C18H15FN2O4S2. The molecule has 0 unspecified atom stereocenters. The zero-order chi connectivity index (χ0) is 19.5. The van der Waals surface area contributed by atoms with E-state index < -0.39 is 25.9 Å². The molecule has 6 nitrogen and oxygen atoms in total. The molecule has 3 rings (SSSR count). The van der Waals surface area contributed by atoms with E-state index in [4.69, 9.17) is 0 Å². The smallest absolute Gasteiger partial charge is 0.261 e. The van der Waals surface area contributed by atoms with Gasteiger partial charge in [0.25, 0.3) is 20.0 Å². The van der Waals surface area contributed by atoms with E-state index in [0.29, 0.717) is 0 Å². The number of hydrogen-bond acceptors (Lipinski definition) is 4. The number of rotatable bonds is 6. The van der Waals surface area contributed by atoms with E-state index in [1.807, 2.05) is 0 Å². The fraction of sp³-hybridized carbons (Fsp3) is 0. The highest BCUT2D eigenvalue weighted by Crippen LogP contribution is 2.20. The van der Waals surface area contributed by atoms with Crippen LogP contribution in [0.5, 0.6) is 0 Å². The standard InChI is InChI=1S/C18H15FN2O4S2/c19-14-6-8-15(9-7-14)20-27(24,25)18-12-10-16(11-13-18)21-26(22,23)17-4-2-1-3-5-17/h1-13,20-21H. The molecule has 9 heteroatoms. The summed E-state index contributed by atoms with van der Waals surface area (Å²) in [6.07, 6.45) is 0. The van der Waals surface area contributed by atoms with E-state index in [9.17, 15) is 21.2 Å². The van der Waals surface area contributed by atoms with E-state index in [2.05, 4.69) is 9.44 Å². The van der Waals surface area contributed by atoms with Crippen LogP contribution in [0.2, 0.25) is 0 Å². The largest absolute Gasteiger partial charge is 0.280 e. The lowest BCUT2D eigenvalue weighted by atomic mass is 10.3. The van der Waals surface area contributed by atoms with Gasteiger partial charge in [-0.2, -0.15) is 0 Å². The van der Waals surface area contributed by atoms with Crippen molar-refractivity contribution in [2.45, 2.75) is 9.79 Å². The third-order valence-corrected chi connectivity index (χ3v) is 6.36. The topological polar surface area (TPSA) is 92.3 Å². The molecule has 3 aromatic carbocycles. The van der Waals surface area contributed by atoms with Crippen LogP contribution in [0.3, 0.4) is 0 Å². The molecule has 0 aliphatic carbocycles. The first-order chi connectivity index (χ1) is 12.8. The summed E-state index contributed by atoms with van der Waals surface area (Å²) in [7, 11) is -7.65. The number of nitrogens with one attached hydrogen (secondary N) is 2. The Labute approximate surface area is 156 Å². The Morgan fingerprint density at radius 1 is 0.556 bits per heavy atom. The maximum atomic E-state index is 12.9. The molecule has 0 aliphatic heterocycles. The lowest BCUT2D eigenvalue weighted by molar-refractivity contribution is 0.600. The first kappa shape index (κ1) is 18.9. The number of benzene rings is 3. The van der Waals surface area contributed by atoms with Crippen LogP contribution < -0.4 is 9.44 Å². The predicted molar refractivity (Wildman–Crippen MR) is 101 cm³/mol. The van der Waals surface area contributed by atoms with Crippen LogP contribution in [0.25, 0.3) is 0 Å². The molecule has 3 aromatic rings. The first-order valence-electron chi connectivity index (χ1n) is 7.73. The van der Waals surface area contributed by atoms with Crippen molar-refractivity contribution in [1.29, 1.82) is 0 Å². The summed E-state index contributed by atoms with van der Waals surface area (Å²) in [6, 6.07) is 17.9. The number of anilines is 2. The van der Waals surface area contributed by atoms with Crippen molar-refractivity contribution in [3.8, 4) is 0 Å². The summed E-state index contributed by atoms with van der Waals surface area (Å²) >= 11 is 0. The summed E-state index contributed by atoms with van der Waals surface area (Å²) in [4.78, 5) is 0.0363. The van der Waals surface area contributed by atoms with Crippen molar-refractivity contribution >= 4 is 31.4 Å². The lowest BCUT2D eigenvalue weighted by Gasteiger charge is -2.10. The van der Waals surface area contributed by atoms with Gasteiger partial charge in [-0.25, -0.2) is 21.2 Å². The quantitative estimate of drug-likeness (QED) is 0.656. The molecule has 0 heterocycles. The first-order valence-corrected chi connectivity index (χ1v) is 10.7. The van der Waals surface area contributed by atoms with E-state index in [1.54, 1.807) is 18.2 Å². The molecule has 0 radical (unpaired) electrons. The Morgan fingerprint density at radius 3 is 1.44 bits per heavy atom. The number of hydrogen-bond donors (Lipinski definition) is 2. The maximum absolute atomic E-state index is 12.9. The highest BCUT2D eigenvalue weighted by atomic mass is 32.2. The molecule has 0 saturated carbocycles. The van der Waals surface area contributed by atoms with Crippen LogP contribution in [-0.2, 0) is 20.0 Å². The van der Waals surface area contributed by atoms with E-state index in [1.165, 1.54) is 48.5 Å². The molecule has 0 aromatic heterocycles. The second-order valence-corrected chi connectivity index (χ2v) is 8.92. The Morgan fingerprint density at radius 2 is 0.963 bits per heavy atom. The van der Waals surface area contributed by atoms with E-state index in [-0.39, 0.29) is 21.2 Å². The molecular weight excluding hydrogens is 391 g/mol. The van der Waals surface area contributed by atoms with Crippen LogP contribution in [0.15, 0.2) is 88.7 Å². The zero-order valence-electron chi connectivity index (χ0n) is 13.8. The minimum absolute atomic E-state index is 0.0607. The van der Waals surface area contributed by atoms with Gasteiger partial charge < -0.3 is 0 Å². The van der Waals surface area contributed by atoms with E-state index >= 15 is 0 Å². The molecule has 27 heavy (non-hydrogen) atoms. The van der Waals surface area contributed by atoms with E-state index in [0.717, 1.165) is 12.1 Å². The van der Waals surface area contributed by atoms with Gasteiger partial charge in [-0.15, -0.1) is 0 Å². The highest BCUT2D eigenvalue weighted by Gasteiger charge is 2.16. The maximum Gasteiger partial charge on any atom is 0.261 e. The van der Waals surface area contributed by atoms with Gasteiger partial charge in [0, 0.05) is 11.4 Å². The van der Waals surface area contributed by atoms with Crippen molar-refractivity contribution in [3.63, 3.8) is 0 Å². The molecule has 2 N–H and O–H groups in total. The Kier molecular flexibility index (Phi) is 5.15. The Hall–Kier alpha value is -2.91. The van der Waals surface area contributed by atoms with Crippen molar-refractivity contribution in [1.82, 2.24) is 0 Å². The van der Waals surface area contributed by atoms with Crippen molar-refractivity contribution in [2.24, 2.45) is 0 Å². The van der Waals surface area contributed by atoms with Crippen molar-refractivity contribution in [2.75, 3.05) is 9.44 Å². The van der Waals surface area contributed by atoms with Crippen LogP contribution in [0.4, 0.5) is 15.8 Å². The molecule has 0 atom stereocenters. The van der Waals surface area contributed by atoms with Gasteiger partial charge in [-0.3, -0.25) is 9.44 Å². The molecule has 0 bridgehead atoms. The van der Waals surface area contributed by atoms with Crippen LogP contribution in [-0.4, -0.2) is 16.8 Å². The highest BCUT2D eigenvalue weighted by molar-refractivity contribution is 7.93. The summed E-state index contributed by atoms with van der Waals surface area (Å²) in [5.41, 5.74) is 0.435. The minimum Gasteiger partial charge on any atom is -0.280 e. The molecule has 140 valence electrons. The third kappa shape index (κ3) is 4.63. The monoisotopic (exact) mass is 406 g/mol. The van der Waals surface area contributed by atoms with Gasteiger partial charge in [0.05, 0.1) is 9.79 Å². The molecule has 0 spiro atoms. The minimum atomic E-state index is -3.89. The van der Waals surface area contributed by atoms with Crippen molar-refractivity contribution < 1.29 is 21.2 Å². The normalized spacial score (nSPS) is 11.7. The Bertz CT molecular complexity index is 1130. The van der Waals surface area contributed by atoms with Crippen molar-refractivity contribution in [3.05, 3.63) is 84.7 Å². The predicted octanol–water partition coefficient (Wildman–Crippen LogP) is 3.43. The molecule has 0 saturated heterocycles. The molecule has 0 amide bonds. The third-order valence-electron chi connectivity index (χ3n) is 3.57. The zero-order valence-corrected chi connectivity index (χ0v) is 15.5. The molecule has 0 aliphatic rings. The van der Waals surface area contributed by atoms with Crippen LogP contribution >= 0.6 is 0 Å². The second kappa shape index (κ2) is 7.37. The van der Waals surface area contributed by atoms with Crippen LogP contribution in [0.1, 0.15) is 0 Å². The van der Waals surface area contributed by atoms with Gasteiger partial charge >= 0.3 is 0 Å². The number of halogens is 1. The summed E-state index contributed by atoms with van der Waals surface area (Å²) in [6.45, 7) is 0. The van der Waals surface area contributed by atoms with Gasteiger partial charge in [0.2, 0.25) is 0 Å². The molecule has 0 fully saturated rings. The summed E-state index contributed by atoms with van der Waals surface area (Å²) in [5, 5.41) is 0. The van der Waals surface area contributed by atoms with Gasteiger partial charge in [-0.05, 0) is 60.7 Å².